The van der Waals surface area contributed by atoms with Gasteiger partial charge >= 0.3 is 5.69 Å². The molecule has 2 aliphatic heterocycles. The van der Waals surface area contributed by atoms with Crippen molar-refractivity contribution in [1.29, 1.82) is 5.26 Å². The summed E-state index contributed by atoms with van der Waals surface area (Å²) < 4.78 is 4.94. The standard InChI is InChI=1S/C21H22N8O3/c22-14-15-5-4-6-23-21(15)28-11-9-27(10-12-28)16-13-17(26-7-2-1-3-8-26)20(29(30)31)19-18(16)24-32-25-19/h4-6,13H,1-3,7-12H2. The molecule has 0 bridgehead atoms. The summed E-state index contributed by atoms with van der Waals surface area (Å²) in [6, 6.07) is 7.59. The lowest BCUT2D eigenvalue weighted by Gasteiger charge is -2.37. The second-order valence-corrected chi connectivity index (χ2v) is 7.99. The molecule has 0 aliphatic carbocycles. The van der Waals surface area contributed by atoms with E-state index in [9.17, 15) is 15.4 Å². The molecule has 11 heteroatoms. The van der Waals surface area contributed by atoms with E-state index in [1.54, 1.807) is 18.3 Å². The number of aromatic nitrogens is 3. The smallest absolute Gasteiger partial charge is 0.323 e. The van der Waals surface area contributed by atoms with Crippen LogP contribution in [0.25, 0.3) is 11.0 Å². The number of rotatable bonds is 4. The van der Waals surface area contributed by atoms with Gasteiger partial charge in [0.05, 0.1) is 16.2 Å². The maximum absolute atomic E-state index is 11.9. The summed E-state index contributed by atoms with van der Waals surface area (Å²) in [7, 11) is 0. The SMILES string of the molecule is N#Cc1cccnc1N1CCN(c2cc(N3CCCCC3)c([N+](=O)[O-])c3nonc23)CC1. The van der Waals surface area contributed by atoms with Crippen LogP contribution in [0.3, 0.4) is 0 Å². The maximum atomic E-state index is 11.9. The van der Waals surface area contributed by atoms with Crippen molar-refractivity contribution in [3.63, 3.8) is 0 Å². The average Bonchev–Trinajstić information content (AvgIpc) is 3.33. The first-order valence-corrected chi connectivity index (χ1v) is 10.7. The molecule has 2 saturated heterocycles. The summed E-state index contributed by atoms with van der Waals surface area (Å²) in [6.45, 7) is 4.19. The molecule has 0 saturated carbocycles. The summed E-state index contributed by atoms with van der Waals surface area (Å²) in [5.74, 6) is 0.681. The van der Waals surface area contributed by atoms with Gasteiger partial charge in [0.2, 0.25) is 5.52 Å². The van der Waals surface area contributed by atoms with Gasteiger partial charge in [-0.3, -0.25) is 10.1 Å². The molecule has 0 unspecified atom stereocenters. The Hall–Kier alpha value is -3.94. The lowest BCUT2D eigenvalue weighted by atomic mass is 10.1. The van der Waals surface area contributed by atoms with E-state index >= 15 is 0 Å². The van der Waals surface area contributed by atoms with E-state index in [4.69, 9.17) is 4.63 Å². The normalized spacial score (nSPS) is 16.9. The Morgan fingerprint density at radius 3 is 2.38 bits per heavy atom. The largest absolute Gasteiger partial charge is 0.366 e. The molecule has 2 fully saturated rings. The number of piperidine rings is 1. The number of pyridine rings is 1. The Labute approximate surface area is 183 Å². The fourth-order valence-electron chi connectivity index (χ4n) is 4.59. The Morgan fingerprint density at radius 2 is 1.66 bits per heavy atom. The predicted octanol–water partition coefficient (Wildman–Crippen LogP) is 2.71. The van der Waals surface area contributed by atoms with Crippen molar-refractivity contribution in [2.45, 2.75) is 19.3 Å². The number of nitriles is 1. The highest BCUT2D eigenvalue weighted by molar-refractivity contribution is 6.00. The summed E-state index contributed by atoms with van der Waals surface area (Å²) in [6.07, 6.45) is 4.83. The highest BCUT2D eigenvalue weighted by atomic mass is 16.6. The van der Waals surface area contributed by atoms with E-state index in [0.717, 1.165) is 38.0 Å². The molecular weight excluding hydrogens is 412 g/mol. The van der Waals surface area contributed by atoms with E-state index in [2.05, 4.69) is 36.1 Å². The first-order chi connectivity index (χ1) is 15.7. The average molecular weight is 434 g/mol. The zero-order chi connectivity index (χ0) is 22.1. The molecule has 0 spiro atoms. The van der Waals surface area contributed by atoms with Crippen LogP contribution in [0.1, 0.15) is 24.8 Å². The van der Waals surface area contributed by atoms with Gasteiger partial charge in [-0.2, -0.15) is 5.26 Å². The molecule has 4 heterocycles. The van der Waals surface area contributed by atoms with E-state index in [0.29, 0.717) is 48.8 Å². The Balaban J connectivity index is 1.48. The zero-order valence-corrected chi connectivity index (χ0v) is 17.5. The topological polar surface area (TPSA) is 128 Å². The first-order valence-electron chi connectivity index (χ1n) is 10.7. The van der Waals surface area contributed by atoms with Gasteiger partial charge in [-0.1, -0.05) is 0 Å². The van der Waals surface area contributed by atoms with Crippen LogP contribution < -0.4 is 14.7 Å². The quantitative estimate of drug-likeness (QED) is 0.446. The Morgan fingerprint density at radius 1 is 0.969 bits per heavy atom. The fraction of sp³-hybridized carbons (Fsp3) is 0.429. The van der Waals surface area contributed by atoms with Crippen LogP contribution in [0.2, 0.25) is 0 Å². The van der Waals surface area contributed by atoms with Crippen molar-refractivity contribution in [3.05, 3.63) is 40.1 Å². The Kier molecular flexibility index (Phi) is 5.18. The third kappa shape index (κ3) is 3.43. The van der Waals surface area contributed by atoms with Gasteiger partial charge in [0.25, 0.3) is 0 Å². The van der Waals surface area contributed by atoms with Crippen LogP contribution in [-0.2, 0) is 0 Å². The summed E-state index contributed by atoms with van der Waals surface area (Å²) in [5.41, 5.74) is 2.46. The number of nitrogens with zero attached hydrogens (tertiary/aromatic N) is 8. The van der Waals surface area contributed by atoms with Crippen molar-refractivity contribution in [3.8, 4) is 6.07 Å². The van der Waals surface area contributed by atoms with Gasteiger partial charge in [0, 0.05) is 45.5 Å². The number of hydrogen-bond donors (Lipinski definition) is 0. The minimum Gasteiger partial charge on any atom is -0.366 e. The van der Waals surface area contributed by atoms with Crippen LogP contribution in [0, 0.1) is 21.4 Å². The molecule has 0 atom stereocenters. The summed E-state index contributed by atoms with van der Waals surface area (Å²) in [4.78, 5) is 22.2. The molecule has 0 radical (unpaired) electrons. The first kappa shape index (κ1) is 20.0. The van der Waals surface area contributed by atoms with Crippen LogP contribution in [0.4, 0.5) is 22.9 Å². The number of anilines is 3. The van der Waals surface area contributed by atoms with E-state index in [1.165, 1.54) is 0 Å². The minimum atomic E-state index is -0.386. The van der Waals surface area contributed by atoms with Crippen LogP contribution in [0.15, 0.2) is 29.0 Å². The van der Waals surface area contributed by atoms with Crippen molar-refractivity contribution in [2.24, 2.45) is 0 Å². The highest BCUT2D eigenvalue weighted by Gasteiger charge is 2.32. The molecule has 5 rings (SSSR count). The molecule has 0 N–H and O–H groups in total. The van der Waals surface area contributed by atoms with Crippen molar-refractivity contribution < 1.29 is 9.55 Å². The van der Waals surface area contributed by atoms with Crippen LogP contribution in [0.5, 0.6) is 0 Å². The number of hydrogen-bond acceptors (Lipinski definition) is 10. The second kappa shape index (κ2) is 8.30. The van der Waals surface area contributed by atoms with Gasteiger partial charge in [-0.15, -0.1) is 0 Å². The van der Waals surface area contributed by atoms with E-state index < -0.39 is 0 Å². The molecule has 164 valence electrons. The van der Waals surface area contributed by atoms with Gasteiger partial charge in [-0.05, 0) is 47.8 Å². The third-order valence-corrected chi connectivity index (χ3v) is 6.18. The number of piperazine rings is 1. The lowest BCUT2D eigenvalue weighted by Crippen LogP contribution is -2.47. The number of benzene rings is 1. The molecule has 2 aromatic heterocycles. The molecular formula is C21H22N8O3. The minimum absolute atomic E-state index is 0.0438. The third-order valence-electron chi connectivity index (χ3n) is 6.18. The number of fused-ring (bicyclic) bond motifs is 1. The van der Waals surface area contributed by atoms with E-state index in [-0.39, 0.29) is 16.1 Å². The molecule has 2 aliphatic rings. The predicted molar refractivity (Wildman–Crippen MR) is 118 cm³/mol. The van der Waals surface area contributed by atoms with Crippen molar-refractivity contribution >= 4 is 33.9 Å². The molecule has 32 heavy (non-hydrogen) atoms. The number of nitro groups is 1. The van der Waals surface area contributed by atoms with Gasteiger partial charge < -0.3 is 14.7 Å². The van der Waals surface area contributed by atoms with Gasteiger partial charge in [-0.25, -0.2) is 9.61 Å². The molecule has 3 aromatic rings. The fourth-order valence-corrected chi connectivity index (χ4v) is 4.59. The van der Waals surface area contributed by atoms with Crippen molar-refractivity contribution in [1.82, 2.24) is 15.3 Å². The summed E-state index contributed by atoms with van der Waals surface area (Å²) in [5, 5.41) is 29.2. The van der Waals surface area contributed by atoms with Gasteiger partial charge in [0.1, 0.15) is 17.6 Å². The number of nitro benzene ring substituents is 1. The summed E-state index contributed by atoms with van der Waals surface area (Å²) >= 11 is 0. The Bertz CT molecular complexity index is 1190. The molecule has 0 amide bonds. The maximum Gasteiger partial charge on any atom is 0.323 e. The second-order valence-electron chi connectivity index (χ2n) is 7.99. The molecule has 11 nitrogen and oxygen atoms in total. The van der Waals surface area contributed by atoms with Crippen LogP contribution >= 0.6 is 0 Å². The van der Waals surface area contributed by atoms with Crippen molar-refractivity contribution in [2.75, 3.05) is 54.0 Å². The lowest BCUT2D eigenvalue weighted by molar-refractivity contribution is -0.382. The van der Waals surface area contributed by atoms with E-state index in [1.807, 2.05) is 6.07 Å². The zero-order valence-electron chi connectivity index (χ0n) is 17.5. The van der Waals surface area contributed by atoms with Gasteiger partial charge in [0.15, 0.2) is 5.52 Å². The van der Waals surface area contributed by atoms with Crippen LogP contribution in [-0.4, -0.2) is 59.5 Å². The molecule has 1 aromatic carbocycles. The highest BCUT2D eigenvalue weighted by Crippen LogP contribution is 2.41. The monoisotopic (exact) mass is 434 g/mol.